The fourth-order valence-corrected chi connectivity index (χ4v) is 3.22. The lowest BCUT2D eigenvalue weighted by atomic mass is 10.1. The molecule has 6 nitrogen and oxygen atoms in total. The number of aryl methyl sites for hydroxylation is 2. The summed E-state index contributed by atoms with van der Waals surface area (Å²) in [5.74, 6) is 1.23. The number of pyridine rings is 1. The average molecular weight is 342 g/mol. The summed E-state index contributed by atoms with van der Waals surface area (Å²) in [6, 6.07) is 5.82. The predicted octanol–water partition coefficient (Wildman–Crippen LogP) is 2.44. The van der Waals surface area contributed by atoms with Gasteiger partial charge >= 0.3 is 0 Å². The minimum atomic E-state index is 0.0964. The van der Waals surface area contributed by atoms with Gasteiger partial charge in [-0.15, -0.1) is 0 Å². The molecule has 1 saturated heterocycles. The summed E-state index contributed by atoms with van der Waals surface area (Å²) in [6.07, 6.45) is 8.99. The number of ether oxygens (including phenoxy) is 1. The van der Waals surface area contributed by atoms with Crippen molar-refractivity contribution >= 4 is 5.91 Å². The van der Waals surface area contributed by atoms with E-state index >= 15 is 0 Å². The summed E-state index contributed by atoms with van der Waals surface area (Å²) < 4.78 is 8.03. The van der Waals surface area contributed by atoms with Crippen molar-refractivity contribution in [1.29, 1.82) is 0 Å². The Morgan fingerprint density at radius 1 is 1.32 bits per heavy atom. The van der Waals surface area contributed by atoms with Crippen LogP contribution in [0.25, 0.3) is 0 Å². The van der Waals surface area contributed by atoms with Gasteiger partial charge in [0.2, 0.25) is 5.91 Å². The SMILES string of the molecule is CCc1nccn1CCC(=O)N1CCC[C@H](OCc2ccccn2)C1. The van der Waals surface area contributed by atoms with Gasteiger partial charge in [-0.2, -0.15) is 0 Å². The van der Waals surface area contributed by atoms with Crippen molar-refractivity contribution < 1.29 is 9.53 Å². The lowest BCUT2D eigenvalue weighted by Crippen LogP contribution is -2.43. The highest BCUT2D eigenvalue weighted by Gasteiger charge is 2.24. The smallest absolute Gasteiger partial charge is 0.224 e. The van der Waals surface area contributed by atoms with E-state index in [9.17, 15) is 4.79 Å². The number of rotatable bonds is 7. The third-order valence-corrected chi connectivity index (χ3v) is 4.61. The molecule has 1 amide bonds. The Bertz CT molecular complexity index is 671. The van der Waals surface area contributed by atoms with Crippen LogP contribution in [-0.2, 0) is 29.1 Å². The Kier molecular flexibility index (Phi) is 6.17. The first-order valence-electron chi connectivity index (χ1n) is 9.05. The van der Waals surface area contributed by atoms with Crippen LogP contribution in [0.5, 0.6) is 0 Å². The van der Waals surface area contributed by atoms with Gasteiger partial charge in [0.25, 0.3) is 0 Å². The molecule has 0 radical (unpaired) electrons. The van der Waals surface area contributed by atoms with E-state index in [1.165, 1.54) is 0 Å². The predicted molar refractivity (Wildman–Crippen MR) is 94.9 cm³/mol. The number of likely N-dealkylation sites (tertiary alicyclic amines) is 1. The standard InChI is InChI=1S/C19H26N4O2/c1-2-18-21-10-13-22(18)12-8-19(24)23-11-5-7-17(14-23)25-15-16-6-3-4-9-20-16/h3-4,6,9-10,13,17H,2,5,7-8,11-12,14-15H2,1H3/t17-/m0/s1. The van der Waals surface area contributed by atoms with Gasteiger partial charge in [0.1, 0.15) is 5.82 Å². The number of hydrogen-bond acceptors (Lipinski definition) is 4. The highest BCUT2D eigenvalue weighted by atomic mass is 16.5. The molecule has 0 aromatic carbocycles. The van der Waals surface area contributed by atoms with Crippen LogP contribution in [0.3, 0.4) is 0 Å². The lowest BCUT2D eigenvalue weighted by Gasteiger charge is -2.32. The van der Waals surface area contributed by atoms with E-state index in [0.29, 0.717) is 26.1 Å². The Morgan fingerprint density at radius 2 is 2.24 bits per heavy atom. The normalized spacial score (nSPS) is 17.6. The molecule has 3 heterocycles. The van der Waals surface area contributed by atoms with Crippen molar-refractivity contribution in [2.75, 3.05) is 13.1 Å². The number of aromatic nitrogens is 3. The summed E-state index contributed by atoms with van der Waals surface area (Å²) >= 11 is 0. The zero-order valence-corrected chi connectivity index (χ0v) is 14.8. The molecule has 0 bridgehead atoms. The van der Waals surface area contributed by atoms with Gasteiger partial charge < -0.3 is 14.2 Å². The topological polar surface area (TPSA) is 60.2 Å². The number of carbonyl (C=O) groups is 1. The number of carbonyl (C=O) groups excluding carboxylic acids is 1. The van der Waals surface area contributed by atoms with Crippen molar-refractivity contribution in [1.82, 2.24) is 19.4 Å². The van der Waals surface area contributed by atoms with Gasteiger partial charge in [-0.25, -0.2) is 4.98 Å². The zero-order valence-electron chi connectivity index (χ0n) is 14.8. The number of amides is 1. The second-order valence-corrected chi connectivity index (χ2v) is 6.38. The van der Waals surface area contributed by atoms with E-state index in [-0.39, 0.29) is 12.0 Å². The maximum absolute atomic E-state index is 12.5. The van der Waals surface area contributed by atoms with Gasteiger partial charge in [-0.05, 0) is 25.0 Å². The Hall–Kier alpha value is -2.21. The summed E-state index contributed by atoms with van der Waals surface area (Å²) in [5, 5.41) is 0. The van der Waals surface area contributed by atoms with Gasteiger partial charge in [0.05, 0.1) is 18.4 Å². The molecule has 1 atom stereocenters. The van der Waals surface area contributed by atoms with Crippen molar-refractivity contribution in [3.63, 3.8) is 0 Å². The fourth-order valence-electron chi connectivity index (χ4n) is 3.22. The van der Waals surface area contributed by atoms with Crippen molar-refractivity contribution in [2.24, 2.45) is 0 Å². The summed E-state index contributed by atoms with van der Waals surface area (Å²) in [7, 11) is 0. The molecule has 0 aliphatic carbocycles. The van der Waals surface area contributed by atoms with Gasteiger partial charge in [0, 0.05) is 51.1 Å². The second kappa shape index (κ2) is 8.76. The minimum absolute atomic E-state index is 0.0964. The molecular weight excluding hydrogens is 316 g/mol. The molecule has 2 aromatic heterocycles. The monoisotopic (exact) mass is 342 g/mol. The van der Waals surface area contributed by atoms with Crippen LogP contribution >= 0.6 is 0 Å². The van der Waals surface area contributed by atoms with Crippen molar-refractivity contribution in [3.8, 4) is 0 Å². The lowest BCUT2D eigenvalue weighted by molar-refractivity contribution is -0.135. The molecular formula is C19H26N4O2. The minimum Gasteiger partial charge on any atom is -0.370 e. The molecule has 1 fully saturated rings. The molecule has 0 saturated carbocycles. The first kappa shape index (κ1) is 17.6. The molecule has 134 valence electrons. The van der Waals surface area contributed by atoms with Crippen LogP contribution in [0.15, 0.2) is 36.8 Å². The molecule has 25 heavy (non-hydrogen) atoms. The molecule has 0 unspecified atom stereocenters. The van der Waals surface area contributed by atoms with Crippen LogP contribution in [0.2, 0.25) is 0 Å². The molecule has 1 aliphatic rings. The molecule has 0 N–H and O–H groups in total. The fraction of sp³-hybridized carbons (Fsp3) is 0.526. The average Bonchev–Trinajstić information content (AvgIpc) is 3.13. The number of piperidine rings is 1. The van der Waals surface area contributed by atoms with Crippen molar-refractivity contribution in [2.45, 2.75) is 51.9 Å². The molecule has 1 aliphatic heterocycles. The van der Waals surface area contributed by atoms with E-state index in [2.05, 4.69) is 21.5 Å². The maximum atomic E-state index is 12.5. The van der Waals surface area contributed by atoms with E-state index < -0.39 is 0 Å². The Balaban J connectivity index is 1.46. The highest BCUT2D eigenvalue weighted by molar-refractivity contribution is 5.76. The summed E-state index contributed by atoms with van der Waals surface area (Å²) in [4.78, 5) is 23.1. The maximum Gasteiger partial charge on any atom is 0.224 e. The quantitative estimate of drug-likeness (QED) is 0.775. The third kappa shape index (κ3) is 4.89. The van der Waals surface area contributed by atoms with E-state index in [1.54, 1.807) is 12.4 Å². The van der Waals surface area contributed by atoms with Crippen LogP contribution in [0.1, 0.15) is 37.7 Å². The van der Waals surface area contributed by atoms with Crippen LogP contribution in [-0.4, -0.2) is 44.5 Å². The first-order chi connectivity index (χ1) is 12.3. The van der Waals surface area contributed by atoms with Crippen LogP contribution in [0.4, 0.5) is 0 Å². The number of nitrogens with zero attached hydrogens (tertiary/aromatic N) is 4. The van der Waals surface area contributed by atoms with Crippen molar-refractivity contribution in [3.05, 3.63) is 48.3 Å². The summed E-state index contributed by atoms with van der Waals surface area (Å²) in [5.41, 5.74) is 0.929. The van der Waals surface area contributed by atoms with Crippen LogP contribution in [0, 0.1) is 0 Å². The molecule has 0 spiro atoms. The first-order valence-corrected chi connectivity index (χ1v) is 9.05. The van der Waals surface area contributed by atoms with Crippen LogP contribution < -0.4 is 0 Å². The third-order valence-electron chi connectivity index (χ3n) is 4.61. The molecule has 3 rings (SSSR count). The zero-order chi connectivity index (χ0) is 17.5. The summed E-state index contributed by atoms with van der Waals surface area (Å²) in [6.45, 7) is 4.78. The number of hydrogen-bond donors (Lipinski definition) is 0. The highest BCUT2D eigenvalue weighted by Crippen LogP contribution is 2.16. The van der Waals surface area contributed by atoms with Gasteiger partial charge in [-0.3, -0.25) is 9.78 Å². The second-order valence-electron chi connectivity index (χ2n) is 6.38. The Morgan fingerprint density at radius 3 is 3.04 bits per heavy atom. The molecule has 6 heteroatoms. The Labute approximate surface area is 148 Å². The largest absolute Gasteiger partial charge is 0.370 e. The number of imidazole rings is 1. The van der Waals surface area contributed by atoms with E-state index in [1.807, 2.05) is 29.3 Å². The van der Waals surface area contributed by atoms with E-state index in [4.69, 9.17) is 4.74 Å². The van der Waals surface area contributed by atoms with Gasteiger partial charge in [-0.1, -0.05) is 13.0 Å². The molecule has 2 aromatic rings. The van der Waals surface area contributed by atoms with Gasteiger partial charge in [0.15, 0.2) is 0 Å². The van der Waals surface area contributed by atoms with E-state index in [0.717, 1.165) is 37.3 Å².